The number of carbonyl (C=O) groups is 1. The summed E-state index contributed by atoms with van der Waals surface area (Å²) < 4.78 is 13.0. The highest BCUT2D eigenvalue weighted by Crippen LogP contribution is 2.22. The van der Waals surface area contributed by atoms with Crippen molar-refractivity contribution in [3.63, 3.8) is 0 Å². The van der Waals surface area contributed by atoms with Crippen LogP contribution in [-0.2, 0) is 13.2 Å². The lowest BCUT2D eigenvalue weighted by molar-refractivity contribution is 0.112. The van der Waals surface area contributed by atoms with Crippen LogP contribution < -0.4 is 15.0 Å². The number of rotatable bonds is 7. The molecule has 0 unspecified atom stereocenters. The topological polar surface area (TPSA) is 83.3 Å². The van der Waals surface area contributed by atoms with E-state index in [-0.39, 0.29) is 18.7 Å². The molecular formula is C24H21N3O4. The van der Waals surface area contributed by atoms with Crippen LogP contribution in [0, 0.1) is 6.92 Å². The number of hydrogen-bond donors (Lipinski definition) is 0. The summed E-state index contributed by atoms with van der Waals surface area (Å²) in [5.74, 6) is 1.67. The van der Waals surface area contributed by atoms with Crippen LogP contribution in [0.25, 0.3) is 10.9 Å². The molecule has 2 aromatic heterocycles. The molecule has 7 nitrogen and oxygen atoms in total. The van der Waals surface area contributed by atoms with E-state index in [4.69, 9.17) is 9.47 Å². The van der Waals surface area contributed by atoms with Crippen LogP contribution in [0.5, 0.6) is 11.5 Å². The van der Waals surface area contributed by atoms with Gasteiger partial charge < -0.3 is 9.47 Å². The van der Waals surface area contributed by atoms with E-state index < -0.39 is 0 Å². The molecule has 0 bridgehead atoms. The monoisotopic (exact) mass is 415 g/mol. The second-order valence-corrected chi connectivity index (χ2v) is 7.11. The number of methoxy groups -OCH3 is 1. The molecule has 0 N–H and O–H groups in total. The van der Waals surface area contributed by atoms with Gasteiger partial charge in [-0.1, -0.05) is 24.3 Å². The average molecular weight is 415 g/mol. The zero-order valence-electron chi connectivity index (χ0n) is 17.2. The molecule has 156 valence electrons. The van der Waals surface area contributed by atoms with Crippen molar-refractivity contribution in [1.82, 2.24) is 14.5 Å². The Morgan fingerprint density at radius 2 is 2.00 bits per heavy atom. The maximum atomic E-state index is 13.3. The number of nitrogens with zero attached hydrogens (tertiary/aromatic N) is 3. The molecule has 31 heavy (non-hydrogen) atoms. The molecule has 0 aliphatic carbocycles. The molecule has 0 spiro atoms. The molecule has 0 fully saturated rings. The molecular weight excluding hydrogens is 394 g/mol. The Morgan fingerprint density at radius 3 is 2.81 bits per heavy atom. The molecule has 2 aromatic carbocycles. The van der Waals surface area contributed by atoms with Crippen LogP contribution in [0.4, 0.5) is 0 Å². The molecule has 0 amide bonds. The summed E-state index contributed by atoms with van der Waals surface area (Å²) in [6.07, 6.45) is 3.89. The fourth-order valence-corrected chi connectivity index (χ4v) is 3.37. The minimum atomic E-state index is -0.185. The first-order valence-corrected chi connectivity index (χ1v) is 9.74. The van der Waals surface area contributed by atoms with Gasteiger partial charge in [0.15, 0.2) is 5.82 Å². The highest BCUT2D eigenvalue weighted by molar-refractivity contribution is 5.76. The molecule has 4 aromatic rings. The van der Waals surface area contributed by atoms with Gasteiger partial charge in [0.2, 0.25) is 0 Å². The minimum Gasteiger partial charge on any atom is -0.496 e. The summed E-state index contributed by atoms with van der Waals surface area (Å²) in [5, 5.41) is 0.479. The van der Waals surface area contributed by atoms with E-state index in [0.29, 0.717) is 33.8 Å². The first-order valence-electron chi connectivity index (χ1n) is 9.74. The molecule has 0 radical (unpaired) electrons. The number of hydrogen-bond acceptors (Lipinski definition) is 6. The third kappa shape index (κ3) is 4.30. The molecule has 0 saturated carbocycles. The number of aldehydes is 1. The maximum absolute atomic E-state index is 13.3. The van der Waals surface area contributed by atoms with E-state index in [1.54, 1.807) is 54.4 Å². The van der Waals surface area contributed by atoms with Crippen molar-refractivity contribution in [2.24, 2.45) is 0 Å². The summed E-state index contributed by atoms with van der Waals surface area (Å²) >= 11 is 0. The number of benzene rings is 2. The van der Waals surface area contributed by atoms with E-state index >= 15 is 0 Å². The van der Waals surface area contributed by atoms with Crippen LogP contribution in [0.3, 0.4) is 0 Å². The van der Waals surface area contributed by atoms with E-state index in [9.17, 15) is 9.59 Å². The third-order valence-electron chi connectivity index (χ3n) is 4.97. The maximum Gasteiger partial charge on any atom is 0.261 e. The van der Waals surface area contributed by atoms with Crippen molar-refractivity contribution in [1.29, 1.82) is 0 Å². The third-order valence-corrected chi connectivity index (χ3v) is 4.97. The highest BCUT2D eigenvalue weighted by atomic mass is 16.5. The smallest absolute Gasteiger partial charge is 0.261 e. The van der Waals surface area contributed by atoms with Crippen LogP contribution in [0.1, 0.15) is 27.3 Å². The molecule has 0 aliphatic rings. The van der Waals surface area contributed by atoms with Crippen molar-refractivity contribution in [2.75, 3.05) is 7.11 Å². The Kier molecular flexibility index (Phi) is 5.75. The predicted molar refractivity (Wildman–Crippen MR) is 117 cm³/mol. The van der Waals surface area contributed by atoms with E-state index in [1.165, 1.54) is 0 Å². The number of aryl methyl sites for hydroxylation is 1. The number of pyridine rings is 1. The van der Waals surface area contributed by atoms with Gasteiger partial charge in [-0.3, -0.25) is 19.1 Å². The fraction of sp³-hybridized carbons (Fsp3) is 0.167. The summed E-state index contributed by atoms with van der Waals surface area (Å²) in [6.45, 7) is 2.31. The number of carbonyl (C=O) groups excluding carboxylic acids is 1. The fourth-order valence-electron chi connectivity index (χ4n) is 3.37. The van der Waals surface area contributed by atoms with Crippen LogP contribution in [-0.4, -0.2) is 27.9 Å². The number of aromatic nitrogens is 3. The summed E-state index contributed by atoms with van der Waals surface area (Å²) in [7, 11) is 1.61. The largest absolute Gasteiger partial charge is 0.496 e. The lowest BCUT2D eigenvalue weighted by Gasteiger charge is -2.16. The van der Waals surface area contributed by atoms with Crippen molar-refractivity contribution in [2.45, 2.75) is 20.1 Å². The van der Waals surface area contributed by atoms with Crippen molar-refractivity contribution in [3.05, 3.63) is 93.8 Å². The second-order valence-electron chi connectivity index (χ2n) is 7.11. The Bertz CT molecular complexity index is 1310. The number of fused-ring (bicyclic) bond motifs is 1. The Labute approximate surface area is 178 Å². The van der Waals surface area contributed by atoms with Crippen molar-refractivity contribution >= 4 is 17.2 Å². The SMILES string of the molecule is COc1cc(C)ccc1Cn1c(COc2cccc(C=O)c2)nc2cnccc2c1=O. The normalized spacial score (nSPS) is 10.8. The van der Waals surface area contributed by atoms with E-state index in [0.717, 1.165) is 17.4 Å². The molecule has 4 rings (SSSR count). The van der Waals surface area contributed by atoms with Crippen molar-refractivity contribution in [3.8, 4) is 11.5 Å². The Morgan fingerprint density at radius 1 is 1.13 bits per heavy atom. The summed E-state index contributed by atoms with van der Waals surface area (Å²) in [4.78, 5) is 33.0. The Hall–Kier alpha value is -4.00. The van der Waals surface area contributed by atoms with E-state index in [1.807, 2.05) is 25.1 Å². The zero-order chi connectivity index (χ0) is 21.8. The molecule has 7 heteroatoms. The Balaban J connectivity index is 1.76. The molecule has 0 saturated heterocycles. The average Bonchev–Trinajstić information content (AvgIpc) is 2.80. The lowest BCUT2D eigenvalue weighted by atomic mass is 10.1. The summed E-state index contributed by atoms with van der Waals surface area (Å²) in [6, 6.07) is 14.3. The van der Waals surface area contributed by atoms with Gasteiger partial charge in [0, 0.05) is 17.3 Å². The second kappa shape index (κ2) is 8.79. The predicted octanol–water partition coefficient (Wildman–Crippen LogP) is 3.55. The first-order chi connectivity index (χ1) is 15.1. The standard InChI is InChI=1S/C24H21N3O4/c1-16-6-7-18(22(10-16)30-2)13-27-23(15-31-19-5-3-4-17(11-19)14-28)26-21-12-25-9-8-20(21)24(27)29/h3-12,14H,13,15H2,1-2H3. The summed E-state index contributed by atoms with van der Waals surface area (Å²) in [5.41, 5.74) is 2.74. The van der Waals surface area contributed by atoms with Gasteiger partial charge in [0.05, 0.1) is 30.8 Å². The lowest BCUT2D eigenvalue weighted by Crippen LogP contribution is -2.27. The number of ether oxygens (including phenoxy) is 2. The molecule has 0 atom stereocenters. The van der Waals surface area contributed by atoms with Gasteiger partial charge in [0.1, 0.15) is 24.4 Å². The van der Waals surface area contributed by atoms with Crippen molar-refractivity contribution < 1.29 is 14.3 Å². The van der Waals surface area contributed by atoms with Gasteiger partial charge in [0.25, 0.3) is 5.56 Å². The van der Waals surface area contributed by atoms with E-state index in [2.05, 4.69) is 9.97 Å². The van der Waals surface area contributed by atoms with Crippen LogP contribution in [0.15, 0.2) is 65.7 Å². The van der Waals surface area contributed by atoms with Gasteiger partial charge >= 0.3 is 0 Å². The highest BCUT2D eigenvalue weighted by Gasteiger charge is 2.14. The van der Waals surface area contributed by atoms with Crippen LogP contribution in [0.2, 0.25) is 0 Å². The first kappa shape index (κ1) is 20.3. The van der Waals surface area contributed by atoms with Gasteiger partial charge in [-0.25, -0.2) is 4.98 Å². The molecule has 0 aliphatic heterocycles. The quantitative estimate of drug-likeness (QED) is 0.429. The minimum absolute atomic E-state index is 0.0521. The van der Waals surface area contributed by atoms with Gasteiger partial charge in [-0.2, -0.15) is 0 Å². The molecule has 2 heterocycles. The van der Waals surface area contributed by atoms with Crippen LogP contribution >= 0.6 is 0 Å². The van der Waals surface area contributed by atoms with Gasteiger partial charge in [-0.05, 0) is 36.8 Å². The van der Waals surface area contributed by atoms with Gasteiger partial charge in [-0.15, -0.1) is 0 Å². The zero-order valence-corrected chi connectivity index (χ0v) is 17.2.